The van der Waals surface area contributed by atoms with Gasteiger partial charge in [-0.05, 0) is 18.1 Å². The summed E-state index contributed by atoms with van der Waals surface area (Å²) < 4.78 is 0. The van der Waals surface area contributed by atoms with Crippen molar-refractivity contribution in [2.45, 2.75) is 13.3 Å². The number of carbonyl (C=O) groups excluding carboxylic acids is 1. The van der Waals surface area contributed by atoms with Crippen molar-refractivity contribution in [2.75, 3.05) is 11.5 Å². The van der Waals surface area contributed by atoms with Gasteiger partial charge < -0.3 is 10.8 Å². The molecule has 1 rings (SSSR count). The number of pyridine rings is 1. The van der Waals surface area contributed by atoms with Crippen LogP contribution in [0.25, 0.3) is 0 Å². The minimum absolute atomic E-state index is 0.0771. The highest BCUT2D eigenvalue weighted by Gasteiger charge is 2.19. The summed E-state index contributed by atoms with van der Waals surface area (Å²) in [6, 6.07) is 3.38. The van der Waals surface area contributed by atoms with Gasteiger partial charge in [-0.2, -0.15) is 0 Å². The Hall–Kier alpha value is -1.56. The van der Waals surface area contributed by atoms with Crippen molar-refractivity contribution < 1.29 is 14.7 Å². The summed E-state index contributed by atoms with van der Waals surface area (Å²) >= 11 is 1.03. The average molecular weight is 254 g/mol. The third-order valence-corrected chi connectivity index (χ3v) is 3.14. The van der Waals surface area contributed by atoms with Crippen LogP contribution in [0.5, 0.6) is 0 Å². The second-order valence-electron chi connectivity index (χ2n) is 3.63. The summed E-state index contributed by atoms with van der Waals surface area (Å²) in [6.07, 6.45) is 1.91. The van der Waals surface area contributed by atoms with Gasteiger partial charge in [0.15, 0.2) is 5.12 Å². The second kappa shape index (κ2) is 6.24. The lowest BCUT2D eigenvalue weighted by molar-refractivity contribution is -0.140. The molecular weight excluding hydrogens is 240 g/mol. The molecule has 0 aliphatic rings. The lowest BCUT2D eigenvalue weighted by atomic mass is 10.0. The Kier molecular flexibility index (Phi) is 4.96. The maximum atomic E-state index is 11.0. The second-order valence-corrected chi connectivity index (χ2v) is 4.83. The van der Waals surface area contributed by atoms with Crippen LogP contribution in [-0.4, -0.2) is 26.9 Å². The van der Waals surface area contributed by atoms with E-state index in [1.165, 1.54) is 6.92 Å². The quantitative estimate of drug-likeness (QED) is 0.819. The Balaban J connectivity index is 2.63. The van der Waals surface area contributed by atoms with Crippen LogP contribution in [0.2, 0.25) is 0 Å². The molecule has 0 aromatic carbocycles. The van der Waals surface area contributed by atoms with Crippen molar-refractivity contribution in [1.29, 1.82) is 0 Å². The molecule has 0 aliphatic heterocycles. The van der Waals surface area contributed by atoms with E-state index in [0.29, 0.717) is 12.2 Å². The van der Waals surface area contributed by atoms with Gasteiger partial charge >= 0.3 is 5.97 Å². The normalized spacial score (nSPS) is 12.1. The molecule has 5 nitrogen and oxygen atoms in total. The Bertz CT molecular complexity index is 406. The molecule has 1 atom stereocenters. The summed E-state index contributed by atoms with van der Waals surface area (Å²) in [5.74, 6) is -0.821. The fourth-order valence-electron chi connectivity index (χ4n) is 1.28. The highest BCUT2D eigenvalue weighted by atomic mass is 32.2. The van der Waals surface area contributed by atoms with Crippen LogP contribution in [0.15, 0.2) is 18.3 Å². The van der Waals surface area contributed by atoms with Gasteiger partial charge in [0.2, 0.25) is 0 Å². The SMILES string of the molecule is CC(=O)SCC(Cc1ccc(N)nc1)C(=O)O. The molecule has 1 aromatic heterocycles. The number of hydrogen-bond acceptors (Lipinski definition) is 5. The van der Waals surface area contributed by atoms with E-state index >= 15 is 0 Å². The van der Waals surface area contributed by atoms with E-state index in [-0.39, 0.29) is 10.9 Å². The van der Waals surface area contributed by atoms with E-state index in [9.17, 15) is 9.59 Å². The molecule has 0 fully saturated rings. The molecule has 0 spiro atoms. The van der Waals surface area contributed by atoms with Gasteiger partial charge in [-0.3, -0.25) is 9.59 Å². The summed E-state index contributed by atoms with van der Waals surface area (Å²) in [4.78, 5) is 25.7. The van der Waals surface area contributed by atoms with Crippen LogP contribution in [0.4, 0.5) is 5.82 Å². The highest BCUT2D eigenvalue weighted by molar-refractivity contribution is 8.13. The number of nitrogens with two attached hydrogens (primary N) is 1. The van der Waals surface area contributed by atoms with E-state index in [2.05, 4.69) is 4.98 Å². The zero-order chi connectivity index (χ0) is 12.8. The number of anilines is 1. The van der Waals surface area contributed by atoms with Crippen molar-refractivity contribution in [3.05, 3.63) is 23.9 Å². The average Bonchev–Trinajstić information content (AvgIpc) is 2.26. The molecule has 0 saturated heterocycles. The smallest absolute Gasteiger partial charge is 0.307 e. The first-order valence-corrected chi connectivity index (χ1v) is 6.04. The first kappa shape index (κ1) is 13.5. The predicted octanol–water partition coefficient (Wildman–Crippen LogP) is 1.19. The number of aromatic nitrogens is 1. The molecule has 0 aliphatic carbocycles. The van der Waals surface area contributed by atoms with Crippen molar-refractivity contribution >= 4 is 28.7 Å². The van der Waals surface area contributed by atoms with E-state index in [0.717, 1.165) is 17.3 Å². The van der Waals surface area contributed by atoms with E-state index < -0.39 is 11.9 Å². The molecule has 0 saturated carbocycles. The number of thioether (sulfide) groups is 1. The fraction of sp³-hybridized carbons (Fsp3) is 0.364. The van der Waals surface area contributed by atoms with E-state index in [4.69, 9.17) is 10.8 Å². The minimum Gasteiger partial charge on any atom is -0.481 e. The van der Waals surface area contributed by atoms with Gasteiger partial charge in [-0.15, -0.1) is 0 Å². The molecule has 1 unspecified atom stereocenters. The van der Waals surface area contributed by atoms with Gasteiger partial charge in [0.05, 0.1) is 5.92 Å². The molecule has 6 heteroatoms. The molecular formula is C11H14N2O3S. The van der Waals surface area contributed by atoms with Crippen LogP contribution < -0.4 is 5.73 Å². The van der Waals surface area contributed by atoms with Gasteiger partial charge in [0, 0.05) is 18.9 Å². The van der Waals surface area contributed by atoms with Crippen molar-refractivity contribution in [3.63, 3.8) is 0 Å². The molecule has 0 bridgehead atoms. The van der Waals surface area contributed by atoms with Crippen LogP contribution in [0.3, 0.4) is 0 Å². The number of carboxylic acids is 1. The van der Waals surface area contributed by atoms with Gasteiger partial charge in [-0.1, -0.05) is 17.8 Å². The number of nitrogen functional groups attached to an aromatic ring is 1. The molecule has 1 heterocycles. The fourth-order valence-corrected chi connectivity index (χ4v) is 1.97. The van der Waals surface area contributed by atoms with Crippen molar-refractivity contribution in [2.24, 2.45) is 5.92 Å². The van der Waals surface area contributed by atoms with Gasteiger partial charge in [0.1, 0.15) is 5.82 Å². The van der Waals surface area contributed by atoms with Crippen molar-refractivity contribution in [3.8, 4) is 0 Å². The largest absolute Gasteiger partial charge is 0.481 e. The third kappa shape index (κ3) is 4.86. The Morgan fingerprint density at radius 2 is 2.24 bits per heavy atom. The highest BCUT2D eigenvalue weighted by Crippen LogP contribution is 2.15. The van der Waals surface area contributed by atoms with Gasteiger partial charge in [-0.25, -0.2) is 4.98 Å². The summed E-state index contributed by atoms with van der Waals surface area (Å²) in [5, 5.41) is 8.96. The minimum atomic E-state index is -0.907. The first-order valence-electron chi connectivity index (χ1n) is 5.05. The predicted molar refractivity (Wildman–Crippen MR) is 66.6 cm³/mol. The summed E-state index contributed by atoms with van der Waals surface area (Å²) in [7, 11) is 0. The maximum absolute atomic E-state index is 11.0. The Morgan fingerprint density at radius 3 is 2.71 bits per heavy atom. The monoisotopic (exact) mass is 254 g/mol. The summed E-state index contributed by atoms with van der Waals surface area (Å²) in [6.45, 7) is 1.42. The first-order chi connectivity index (χ1) is 7.99. The molecule has 0 amide bonds. The zero-order valence-corrected chi connectivity index (χ0v) is 10.2. The van der Waals surface area contributed by atoms with E-state index in [1.807, 2.05) is 0 Å². The number of rotatable bonds is 5. The number of carbonyl (C=O) groups is 2. The number of hydrogen-bond donors (Lipinski definition) is 2. The maximum Gasteiger partial charge on any atom is 0.307 e. The number of nitrogens with zero attached hydrogens (tertiary/aromatic N) is 1. The number of aliphatic carboxylic acids is 1. The third-order valence-electron chi connectivity index (χ3n) is 2.17. The zero-order valence-electron chi connectivity index (χ0n) is 9.42. The topological polar surface area (TPSA) is 93.3 Å². The van der Waals surface area contributed by atoms with Gasteiger partial charge in [0.25, 0.3) is 0 Å². The lowest BCUT2D eigenvalue weighted by Crippen LogP contribution is -2.19. The molecule has 1 aromatic rings. The Labute approximate surface area is 103 Å². The molecule has 3 N–H and O–H groups in total. The lowest BCUT2D eigenvalue weighted by Gasteiger charge is -2.10. The van der Waals surface area contributed by atoms with Crippen LogP contribution in [-0.2, 0) is 16.0 Å². The van der Waals surface area contributed by atoms with Crippen LogP contribution in [0, 0.1) is 5.92 Å². The van der Waals surface area contributed by atoms with E-state index in [1.54, 1.807) is 18.3 Å². The summed E-state index contributed by atoms with van der Waals surface area (Å²) in [5.41, 5.74) is 6.24. The Morgan fingerprint density at radius 1 is 1.53 bits per heavy atom. The van der Waals surface area contributed by atoms with Crippen LogP contribution in [0.1, 0.15) is 12.5 Å². The standard InChI is InChI=1S/C11H14N2O3S/c1-7(14)17-6-9(11(15)16)4-8-2-3-10(12)13-5-8/h2-3,5,9H,4,6H2,1H3,(H2,12,13)(H,15,16). The molecule has 17 heavy (non-hydrogen) atoms. The van der Waals surface area contributed by atoms with Crippen molar-refractivity contribution in [1.82, 2.24) is 4.98 Å². The molecule has 92 valence electrons. The molecule has 0 radical (unpaired) electrons. The number of carboxylic acid groups (broad SMARTS) is 1. The van der Waals surface area contributed by atoms with Crippen LogP contribution >= 0.6 is 11.8 Å².